The predicted molar refractivity (Wildman–Crippen MR) is 81.9 cm³/mol. The summed E-state index contributed by atoms with van der Waals surface area (Å²) in [6.07, 6.45) is 6.85. The van der Waals surface area contributed by atoms with E-state index in [2.05, 4.69) is 33.8 Å². The van der Waals surface area contributed by atoms with Gasteiger partial charge < -0.3 is 4.74 Å². The van der Waals surface area contributed by atoms with E-state index in [0.717, 1.165) is 11.5 Å². The normalized spacial score (nSPS) is 16.2. The highest BCUT2D eigenvalue weighted by Gasteiger charge is 2.09. The van der Waals surface area contributed by atoms with E-state index in [1.807, 2.05) is 26.8 Å². The van der Waals surface area contributed by atoms with Crippen LogP contribution in [-0.4, -0.2) is 12.1 Å². The summed E-state index contributed by atoms with van der Waals surface area (Å²) in [7, 11) is 0. The van der Waals surface area contributed by atoms with Crippen LogP contribution in [-0.2, 0) is 9.53 Å². The summed E-state index contributed by atoms with van der Waals surface area (Å²) in [5.74, 6) is 1.70. The molecule has 0 aromatic carbocycles. The molecule has 0 aliphatic carbocycles. The predicted octanol–water partition coefficient (Wildman–Crippen LogP) is 4.76. The fourth-order valence-corrected chi connectivity index (χ4v) is 1.75. The Bertz CT molecular complexity index is 324. The number of carbonyl (C=O) groups is 1. The Morgan fingerprint density at radius 1 is 1.11 bits per heavy atom. The van der Waals surface area contributed by atoms with Crippen molar-refractivity contribution < 1.29 is 9.53 Å². The van der Waals surface area contributed by atoms with Crippen LogP contribution in [0.4, 0.5) is 0 Å². The number of hydrogen-bond acceptors (Lipinski definition) is 2. The molecule has 0 heterocycles. The van der Waals surface area contributed by atoms with Crippen molar-refractivity contribution in [1.82, 2.24) is 0 Å². The molecule has 2 nitrogen and oxygen atoms in total. The minimum atomic E-state index is -0.264. The summed E-state index contributed by atoms with van der Waals surface area (Å²) < 4.78 is 5.07. The zero-order valence-electron chi connectivity index (χ0n) is 13.6. The SMILES string of the molecule is CC(/C=C/C(C)CC(C)C(C)C)=C\C(=O)OC(C)C. The maximum atomic E-state index is 11.4. The Morgan fingerprint density at radius 2 is 1.68 bits per heavy atom. The van der Waals surface area contributed by atoms with Crippen molar-refractivity contribution in [2.45, 2.75) is 61.0 Å². The highest BCUT2D eigenvalue weighted by atomic mass is 16.5. The minimum absolute atomic E-state index is 0.0636. The molecule has 0 amide bonds. The third kappa shape index (κ3) is 9.52. The van der Waals surface area contributed by atoms with Gasteiger partial charge in [0.1, 0.15) is 0 Å². The average molecular weight is 266 g/mol. The Hall–Kier alpha value is -1.05. The second-order valence-corrected chi connectivity index (χ2v) is 6.17. The van der Waals surface area contributed by atoms with Crippen molar-refractivity contribution in [3.63, 3.8) is 0 Å². The Kier molecular flexibility index (Phi) is 8.46. The van der Waals surface area contributed by atoms with Crippen LogP contribution in [0.25, 0.3) is 0 Å². The Labute approximate surface area is 118 Å². The van der Waals surface area contributed by atoms with E-state index >= 15 is 0 Å². The number of ether oxygens (including phenoxy) is 1. The third-order valence-corrected chi connectivity index (χ3v) is 3.27. The lowest BCUT2D eigenvalue weighted by Gasteiger charge is -2.18. The second-order valence-electron chi connectivity index (χ2n) is 6.17. The molecular weight excluding hydrogens is 236 g/mol. The van der Waals surface area contributed by atoms with Gasteiger partial charge in [-0.3, -0.25) is 0 Å². The number of carbonyl (C=O) groups excluding carboxylic acids is 1. The zero-order valence-corrected chi connectivity index (χ0v) is 13.6. The third-order valence-electron chi connectivity index (χ3n) is 3.27. The highest BCUT2D eigenvalue weighted by Crippen LogP contribution is 2.20. The number of esters is 1. The van der Waals surface area contributed by atoms with Crippen LogP contribution in [0.3, 0.4) is 0 Å². The van der Waals surface area contributed by atoms with E-state index in [4.69, 9.17) is 4.74 Å². The lowest BCUT2D eigenvalue weighted by atomic mass is 9.88. The fraction of sp³-hybridized carbons (Fsp3) is 0.706. The largest absolute Gasteiger partial charge is 0.460 e. The van der Waals surface area contributed by atoms with Crippen LogP contribution < -0.4 is 0 Å². The molecular formula is C17H30O2. The smallest absolute Gasteiger partial charge is 0.331 e. The van der Waals surface area contributed by atoms with Crippen LogP contribution >= 0.6 is 0 Å². The van der Waals surface area contributed by atoms with Gasteiger partial charge in [-0.25, -0.2) is 4.79 Å². The average Bonchev–Trinajstić information content (AvgIpc) is 2.24. The maximum Gasteiger partial charge on any atom is 0.331 e. The Morgan fingerprint density at radius 3 is 2.16 bits per heavy atom. The quantitative estimate of drug-likeness (QED) is 0.377. The van der Waals surface area contributed by atoms with Crippen molar-refractivity contribution in [1.29, 1.82) is 0 Å². The second kappa shape index (κ2) is 8.95. The molecule has 0 aromatic heterocycles. The van der Waals surface area contributed by atoms with Crippen LogP contribution in [0.1, 0.15) is 54.9 Å². The lowest BCUT2D eigenvalue weighted by molar-refractivity contribution is -0.141. The van der Waals surface area contributed by atoms with Gasteiger partial charge in [0.05, 0.1) is 6.10 Å². The summed E-state index contributed by atoms with van der Waals surface area (Å²) in [6.45, 7) is 14.7. The molecule has 110 valence electrons. The maximum absolute atomic E-state index is 11.4. The molecule has 0 spiro atoms. The zero-order chi connectivity index (χ0) is 15.0. The lowest BCUT2D eigenvalue weighted by Crippen LogP contribution is -2.09. The first-order chi connectivity index (χ1) is 8.72. The fourth-order valence-electron chi connectivity index (χ4n) is 1.75. The van der Waals surface area contributed by atoms with Gasteiger partial charge in [0.15, 0.2) is 0 Å². The van der Waals surface area contributed by atoms with Gasteiger partial charge in [-0.05, 0) is 50.5 Å². The van der Waals surface area contributed by atoms with E-state index in [1.165, 1.54) is 6.42 Å². The molecule has 0 radical (unpaired) electrons. The molecule has 2 atom stereocenters. The highest BCUT2D eigenvalue weighted by molar-refractivity contribution is 5.83. The summed E-state index contributed by atoms with van der Waals surface area (Å²) >= 11 is 0. The van der Waals surface area contributed by atoms with Crippen molar-refractivity contribution >= 4 is 5.97 Å². The number of rotatable bonds is 7. The van der Waals surface area contributed by atoms with Gasteiger partial charge in [0.25, 0.3) is 0 Å². The standard InChI is InChI=1S/C17H30O2/c1-12(2)16(7)10-14(5)8-9-15(6)11-17(18)19-13(3)4/h8-9,11-14,16H,10H2,1-7H3/b9-8+,15-11+. The molecule has 0 aliphatic rings. The monoisotopic (exact) mass is 266 g/mol. The number of hydrogen-bond donors (Lipinski definition) is 0. The van der Waals surface area contributed by atoms with Gasteiger partial charge in [0, 0.05) is 6.08 Å². The molecule has 0 fully saturated rings. The molecule has 2 unspecified atom stereocenters. The Balaban J connectivity index is 4.30. The van der Waals surface area contributed by atoms with Gasteiger partial charge >= 0.3 is 5.97 Å². The summed E-state index contributed by atoms with van der Waals surface area (Å²) in [4.78, 5) is 11.4. The van der Waals surface area contributed by atoms with Crippen LogP contribution in [0.15, 0.2) is 23.8 Å². The van der Waals surface area contributed by atoms with Crippen LogP contribution in [0, 0.1) is 17.8 Å². The van der Waals surface area contributed by atoms with E-state index < -0.39 is 0 Å². The summed E-state index contributed by atoms with van der Waals surface area (Å²) in [6, 6.07) is 0. The first-order valence-corrected chi connectivity index (χ1v) is 7.29. The van der Waals surface area contributed by atoms with Crippen molar-refractivity contribution in [3.05, 3.63) is 23.8 Å². The molecule has 19 heavy (non-hydrogen) atoms. The first kappa shape index (κ1) is 17.9. The van der Waals surface area contributed by atoms with E-state index in [-0.39, 0.29) is 12.1 Å². The molecule has 0 aliphatic heterocycles. The van der Waals surface area contributed by atoms with Gasteiger partial charge in [-0.15, -0.1) is 0 Å². The van der Waals surface area contributed by atoms with E-state index in [0.29, 0.717) is 11.8 Å². The molecule has 2 heteroatoms. The summed E-state index contributed by atoms with van der Waals surface area (Å²) in [5, 5.41) is 0. The van der Waals surface area contributed by atoms with Crippen molar-refractivity contribution in [2.24, 2.45) is 17.8 Å². The van der Waals surface area contributed by atoms with Crippen LogP contribution in [0.2, 0.25) is 0 Å². The van der Waals surface area contributed by atoms with Crippen LogP contribution in [0.5, 0.6) is 0 Å². The summed E-state index contributed by atoms with van der Waals surface area (Å²) in [5.41, 5.74) is 0.940. The van der Waals surface area contributed by atoms with E-state index in [9.17, 15) is 4.79 Å². The number of allylic oxidation sites excluding steroid dienone is 3. The molecule has 0 saturated carbocycles. The van der Waals surface area contributed by atoms with E-state index in [1.54, 1.807) is 6.08 Å². The molecule has 0 rings (SSSR count). The van der Waals surface area contributed by atoms with Gasteiger partial charge in [-0.1, -0.05) is 39.8 Å². The topological polar surface area (TPSA) is 26.3 Å². The van der Waals surface area contributed by atoms with Crippen molar-refractivity contribution in [2.75, 3.05) is 0 Å². The minimum Gasteiger partial charge on any atom is -0.460 e. The van der Waals surface area contributed by atoms with Crippen molar-refractivity contribution in [3.8, 4) is 0 Å². The van der Waals surface area contributed by atoms with Gasteiger partial charge in [0.2, 0.25) is 0 Å². The molecule has 0 aromatic rings. The van der Waals surface area contributed by atoms with Gasteiger partial charge in [-0.2, -0.15) is 0 Å². The first-order valence-electron chi connectivity index (χ1n) is 7.29. The molecule has 0 bridgehead atoms. The molecule has 0 N–H and O–H groups in total. The molecule has 0 saturated heterocycles.